The van der Waals surface area contributed by atoms with E-state index in [0.29, 0.717) is 29.8 Å². The summed E-state index contributed by atoms with van der Waals surface area (Å²) in [5.41, 5.74) is 2.91. The topological polar surface area (TPSA) is 62.3 Å². The first-order chi connectivity index (χ1) is 19.6. The van der Waals surface area contributed by atoms with Crippen LogP contribution in [0.5, 0.6) is 5.75 Å². The molecule has 6 fully saturated rings. The lowest BCUT2D eigenvalue weighted by Gasteiger charge is -2.66. The van der Waals surface area contributed by atoms with E-state index in [-0.39, 0.29) is 29.5 Å². The van der Waals surface area contributed by atoms with Crippen molar-refractivity contribution in [2.45, 2.75) is 108 Å². The van der Waals surface area contributed by atoms with Crippen molar-refractivity contribution in [1.29, 1.82) is 0 Å². The predicted octanol–water partition coefficient (Wildman–Crippen LogP) is 5.00. The van der Waals surface area contributed by atoms with Crippen LogP contribution in [-0.2, 0) is 21.4 Å². The van der Waals surface area contributed by atoms with Crippen LogP contribution in [0, 0.1) is 23.2 Å². The zero-order valence-electron chi connectivity index (χ0n) is 25.4. The Labute approximate surface area is 244 Å². The third-order valence-electron chi connectivity index (χ3n) is 12.4. The highest BCUT2D eigenvalue weighted by atomic mass is 16.6. The van der Waals surface area contributed by atoms with Gasteiger partial charge in [0, 0.05) is 37.1 Å². The van der Waals surface area contributed by atoms with Crippen LogP contribution >= 0.6 is 0 Å². The standard InChI is InChI=1S/C34H47N3O4/c1-32(2,3)41-31(39)36-14-5-6-27(36)30(38)37-20-23-18-33-12-11-26(37)29(23)34(33)13-15-35(19-21-7-8-21)28(33)16-22-9-10-24(40-4)17-25(22)34/h9-10,17,21,23,26-29H,5-8,11-16,18-20H2,1-4H3/t23-,26?,27-,28-,29?,33?,34?/m1/s1. The molecule has 41 heavy (non-hydrogen) atoms. The Balaban J connectivity index is 1.15. The second kappa shape index (κ2) is 8.87. The number of nitrogens with zero attached hydrogens (tertiary/aromatic N) is 3. The van der Waals surface area contributed by atoms with Gasteiger partial charge in [-0.05, 0) is 132 Å². The second-order valence-electron chi connectivity index (χ2n) is 15.5. The Morgan fingerprint density at radius 2 is 1.88 bits per heavy atom. The molecule has 3 heterocycles. The van der Waals surface area contributed by atoms with Crippen LogP contribution < -0.4 is 4.74 Å². The van der Waals surface area contributed by atoms with Gasteiger partial charge >= 0.3 is 6.09 Å². The number of fused-ring (bicyclic) bond motifs is 1. The molecule has 1 aromatic carbocycles. The van der Waals surface area contributed by atoms with E-state index in [2.05, 4.69) is 28.0 Å². The zero-order chi connectivity index (χ0) is 28.3. The van der Waals surface area contributed by atoms with Crippen LogP contribution in [0.2, 0.25) is 0 Å². The number of carbonyl (C=O) groups excluding carboxylic acids is 2. The van der Waals surface area contributed by atoms with E-state index in [1.807, 2.05) is 20.8 Å². The van der Waals surface area contributed by atoms with E-state index in [4.69, 9.17) is 9.47 Å². The number of ether oxygens (including phenoxy) is 2. The van der Waals surface area contributed by atoms with Crippen LogP contribution in [0.15, 0.2) is 18.2 Å². The van der Waals surface area contributed by atoms with E-state index in [0.717, 1.165) is 43.9 Å². The smallest absolute Gasteiger partial charge is 0.410 e. The molecule has 7 heteroatoms. The monoisotopic (exact) mass is 561 g/mol. The summed E-state index contributed by atoms with van der Waals surface area (Å²) in [4.78, 5) is 34.3. The van der Waals surface area contributed by atoms with E-state index in [9.17, 15) is 9.59 Å². The Morgan fingerprint density at radius 3 is 2.63 bits per heavy atom. The van der Waals surface area contributed by atoms with Crippen LogP contribution in [-0.4, -0.2) is 83.7 Å². The lowest BCUT2D eigenvalue weighted by molar-refractivity contribution is -0.144. The second-order valence-corrected chi connectivity index (χ2v) is 15.5. The lowest BCUT2D eigenvalue weighted by atomic mass is 9.43. The average molecular weight is 562 g/mol. The Bertz CT molecular complexity index is 1270. The Kier molecular flexibility index (Phi) is 5.70. The van der Waals surface area contributed by atoms with Gasteiger partial charge in [-0.15, -0.1) is 0 Å². The highest BCUT2D eigenvalue weighted by Gasteiger charge is 2.76. The van der Waals surface area contributed by atoms with Crippen LogP contribution in [0.1, 0.15) is 83.3 Å². The molecule has 0 N–H and O–H groups in total. The molecule has 4 bridgehead atoms. The number of likely N-dealkylation sites (tertiary alicyclic amines) is 3. The summed E-state index contributed by atoms with van der Waals surface area (Å²) in [6.45, 7) is 9.60. The van der Waals surface area contributed by atoms with Crippen molar-refractivity contribution in [3.05, 3.63) is 29.3 Å². The molecule has 7 atom stereocenters. The van der Waals surface area contributed by atoms with Crippen LogP contribution in [0.25, 0.3) is 0 Å². The first-order valence-corrected chi connectivity index (χ1v) is 16.4. The summed E-state index contributed by atoms with van der Waals surface area (Å²) < 4.78 is 11.5. The van der Waals surface area contributed by atoms with Gasteiger partial charge in [0.15, 0.2) is 0 Å². The molecular formula is C34H47N3O4. The summed E-state index contributed by atoms with van der Waals surface area (Å²) in [5.74, 6) is 3.06. The number of rotatable bonds is 4. The summed E-state index contributed by atoms with van der Waals surface area (Å²) in [6.07, 6.45) is 9.97. The number of benzene rings is 1. The van der Waals surface area contributed by atoms with E-state index < -0.39 is 5.60 Å². The third kappa shape index (κ3) is 3.66. The minimum Gasteiger partial charge on any atom is -0.497 e. The van der Waals surface area contributed by atoms with Gasteiger partial charge in [0.05, 0.1) is 7.11 Å². The van der Waals surface area contributed by atoms with Gasteiger partial charge in [-0.1, -0.05) is 6.07 Å². The number of carbonyl (C=O) groups is 2. The molecule has 0 spiro atoms. The lowest BCUT2D eigenvalue weighted by Crippen LogP contribution is -2.70. The fourth-order valence-corrected chi connectivity index (χ4v) is 11.1. The summed E-state index contributed by atoms with van der Waals surface area (Å²) in [5, 5.41) is 0. The van der Waals surface area contributed by atoms with Crippen LogP contribution in [0.3, 0.4) is 0 Å². The molecule has 0 radical (unpaired) electrons. The van der Waals surface area contributed by atoms with Crippen molar-refractivity contribution in [3.63, 3.8) is 0 Å². The van der Waals surface area contributed by atoms with Crippen molar-refractivity contribution < 1.29 is 19.1 Å². The summed E-state index contributed by atoms with van der Waals surface area (Å²) >= 11 is 0. The number of hydrogen-bond acceptors (Lipinski definition) is 5. The molecule has 4 unspecified atom stereocenters. The van der Waals surface area contributed by atoms with Gasteiger partial charge in [-0.3, -0.25) is 14.6 Å². The molecule has 222 valence electrons. The average Bonchev–Trinajstić information content (AvgIpc) is 3.38. The number of piperidine rings is 1. The fourth-order valence-electron chi connectivity index (χ4n) is 11.1. The molecule has 3 aliphatic heterocycles. The zero-order valence-corrected chi connectivity index (χ0v) is 25.4. The maximum Gasteiger partial charge on any atom is 0.410 e. The van der Waals surface area contributed by atoms with Crippen molar-refractivity contribution in [2.75, 3.05) is 33.3 Å². The van der Waals surface area contributed by atoms with Crippen molar-refractivity contribution >= 4 is 12.0 Å². The van der Waals surface area contributed by atoms with Gasteiger partial charge in [0.25, 0.3) is 0 Å². The van der Waals surface area contributed by atoms with Gasteiger partial charge in [-0.2, -0.15) is 0 Å². The van der Waals surface area contributed by atoms with Crippen LogP contribution in [0.4, 0.5) is 4.79 Å². The quantitative estimate of drug-likeness (QED) is 0.518. The van der Waals surface area contributed by atoms with Crippen molar-refractivity contribution in [2.24, 2.45) is 23.2 Å². The minimum absolute atomic E-state index is 0.114. The first kappa shape index (κ1) is 26.4. The van der Waals surface area contributed by atoms with Gasteiger partial charge in [-0.25, -0.2) is 4.79 Å². The molecule has 7 nitrogen and oxygen atoms in total. The Hall–Kier alpha value is -2.28. The maximum absolute atomic E-state index is 14.3. The normalized spacial score (nSPS) is 39.0. The maximum atomic E-state index is 14.3. The number of hydrogen-bond donors (Lipinski definition) is 0. The van der Waals surface area contributed by atoms with Gasteiger partial charge < -0.3 is 14.4 Å². The van der Waals surface area contributed by atoms with Gasteiger partial charge in [0.2, 0.25) is 5.91 Å². The Morgan fingerprint density at radius 1 is 1.05 bits per heavy atom. The predicted molar refractivity (Wildman–Crippen MR) is 156 cm³/mol. The fraction of sp³-hybridized carbons (Fsp3) is 0.765. The molecule has 1 aromatic rings. The highest BCUT2D eigenvalue weighted by Crippen LogP contribution is 2.75. The van der Waals surface area contributed by atoms with Crippen molar-refractivity contribution in [1.82, 2.24) is 14.7 Å². The first-order valence-electron chi connectivity index (χ1n) is 16.4. The van der Waals surface area contributed by atoms with E-state index in [1.54, 1.807) is 17.6 Å². The highest BCUT2D eigenvalue weighted by molar-refractivity contribution is 5.87. The molecular weight excluding hydrogens is 514 g/mol. The largest absolute Gasteiger partial charge is 0.497 e. The third-order valence-corrected chi connectivity index (χ3v) is 12.4. The molecule has 3 saturated carbocycles. The summed E-state index contributed by atoms with van der Waals surface area (Å²) in [6, 6.07) is 7.39. The number of methoxy groups -OCH3 is 1. The SMILES string of the molecule is COc1ccc2c(c1)C13CCN(CC4CC4)[C@H](C2)C12CCC1C3[C@@H](CN1C(=O)[C@H]1CCCN1C(=O)OC(C)(C)C)C2. The molecule has 8 rings (SSSR count). The molecule has 7 aliphatic rings. The minimum atomic E-state index is -0.565. The van der Waals surface area contributed by atoms with Gasteiger partial charge in [0.1, 0.15) is 17.4 Å². The molecule has 2 amide bonds. The number of amides is 2. The van der Waals surface area contributed by atoms with E-state index >= 15 is 0 Å². The van der Waals surface area contributed by atoms with Crippen molar-refractivity contribution in [3.8, 4) is 5.75 Å². The summed E-state index contributed by atoms with van der Waals surface area (Å²) in [7, 11) is 1.79. The molecule has 3 saturated heterocycles. The molecule has 0 aromatic heterocycles. The molecule has 4 aliphatic carbocycles. The van der Waals surface area contributed by atoms with E-state index in [1.165, 1.54) is 50.8 Å².